The molecule has 5 nitrogen and oxygen atoms in total. The molecule has 0 saturated heterocycles. The molecule has 0 aliphatic heterocycles. The van der Waals surface area contributed by atoms with Gasteiger partial charge in [-0.1, -0.05) is 12.1 Å². The second-order valence-electron chi connectivity index (χ2n) is 3.26. The van der Waals surface area contributed by atoms with Gasteiger partial charge in [0.25, 0.3) is 0 Å². The molecule has 0 unspecified atom stereocenters. The van der Waals surface area contributed by atoms with E-state index in [1.165, 1.54) is 13.2 Å². The Bertz CT molecular complexity index is 425. The number of rotatable bonds is 4. The normalized spacial score (nSPS) is 9.82. The molecule has 1 aromatic rings. The van der Waals surface area contributed by atoms with Crippen molar-refractivity contribution in [1.82, 2.24) is 0 Å². The fourth-order valence-corrected chi connectivity index (χ4v) is 1.43. The second-order valence-corrected chi connectivity index (χ2v) is 3.26. The summed E-state index contributed by atoms with van der Waals surface area (Å²) in [7, 11) is 1.22. The Morgan fingerprint density at radius 1 is 1.24 bits per heavy atom. The molecular formula is C12H14O5. The fraction of sp³-hybridized carbons (Fsp3) is 0.333. The van der Waals surface area contributed by atoms with E-state index in [2.05, 4.69) is 9.78 Å². The van der Waals surface area contributed by atoms with Gasteiger partial charge in [0.05, 0.1) is 24.8 Å². The van der Waals surface area contributed by atoms with E-state index in [-0.39, 0.29) is 17.7 Å². The Balaban J connectivity index is 3.17. The number of aryl methyl sites for hydroxylation is 1. The number of carbonyl (C=O) groups excluding carboxylic acids is 2. The number of ether oxygens (including phenoxy) is 1. The van der Waals surface area contributed by atoms with Crippen LogP contribution in [0.15, 0.2) is 18.2 Å². The lowest BCUT2D eigenvalue weighted by Crippen LogP contribution is -2.15. The average Bonchev–Trinajstić information content (AvgIpc) is 2.29. The maximum atomic E-state index is 11.7. The molecule has 1 aromatic carbocycles. The van der Waals surface area contributed by atoms with Crippen molar-refractivity contribution in [2.24, 2.45) is 0 Å². The van der Waals surface area contributed by atoms with E-state index in [0.717, 1.165) is 0 Å². The molecular weight excluding hydrogens is 224 g/mol. The maximum absolute atomic E-state index is 11.7. The molecule has 92 valence electrons. The van der Waals surface area contributed by atoms with Crippen molar-refractivity contribution in [1.29, 1.82) is 0 Å². The molecule has 0 aliphatic rings. The first-order valence-corrected chi connectivity index (χ1v) is 5.13. The lowest BCUT2D eigenvalue weighted by Gasteiger charge is -2.09. The predicted octanol–water partition coefficient (Wildman–Crippen LogP) is 1.89. The van der Waals surface area contributed by atoms with Crippen molar-refractivity contribution in [3.8, 4) is 0 Å². The Kier molecular flexibility index (Phi) is 4.66. The van der Waals surface area contributed by atoms with Gasteiger partial charge in [0.15, 0.2) is 0 Å². The number of hydrogen-bond acceptors (Lipinski definition) is 5. The first kappa shape index (κ1) is 13.2. The smallest absolute Gasteiger partial charge is 0.373 e. The summed E-state index contributed by atoms with van der Waals surface area (Å²) >= 11 is 0. The molecule has 17 heavy (non-hydrogen) atoms. The Hall–Kier alpha value is -1.88. The minimum Gasteiger partial charge on any atom is -0.462 e. The predicted molar refractivity (Wildman–Crippen MR) is 59.6 cm³/mol. The van der Waals surface area contributed by atoms with Crippen molar-refractivity contribution >= 4 is 11.9 Å². The molecule has 0 aromatic heterocycles. The van der Waals surface area contributed by atoms with Crippen molar-refractivity contribution in [2.75, 3.05) is 13.7 Å². The van der Waals surface area contributed by atoms with Gasteiger partial charge in [0.1, 0.15) is 0 Å². The van der Waals surface area contributed by atoms with Crippen LogP contribution in [-0.2, 0) is 14.5 Å². The summed E-state index contributed by atoms with van der Waals surface area (Å²) in [4.78, 5) is 32.0. The monoisotopic (exact) mass is 238 g/mol. The van der Waals surface area contributed by atoms with Gasteiger partial charge >= 0.3 is 11.9 Å². The van der Waals surface area contributed by atoms with Gasteiger partial charge in [0.2, 0.25) is 0 Å². The summed E-state index contributed by atoms with van der Waals surface area (Å²) < 4.78 is 4.89. The van der Waals surface area contributed by atoms with E-state index in [9.17, 15) is 9.59 Å². The molecule has 0 amide bonds. The highest BCUT2D eigenvalue weighted by atomic mass is 17.2. The minimum atomic E-state index is -0.723. The highest BCUT2D eigenvalue weighted by molar-refractivity contribution is 6.04. The van der Waals surface area contributed by atoms with Crippen LogP contribution < -0.4 is 0 Å². The second kappa shape index (κ2) is 6.00. The third-order valence-electron chi connectivity index (χ3n) is 2.13. The lowest BCUT2D eigenvalue weighted by molar-refractivity contribution is -0.216. The van der Waals surface area contributed by atoms with E-state index in [1.807, 2.05) is 0 Å². The number of carbonyl (C=O) groups is 2. The number of hydrogen-bond donors (Lipinski definition) is 0. The van der Waals surface area contributed by atoms with Crippen LogP contribution in [0.2, 0.25) is 0 Å². The third-order valence-corrected chi connectivity index (χ3v) is 2.13. The van der Waals surface area contributed by atoms with E-state index in [1.54, 1.807) is 26.0 Å². The molecule has 0 saturated carbocycles. The fourth-order valence-electron chi connectivity index (χ4n) is 1.43. The highest BCUT2D eigenvalue weighted by Gasteiger charge is 2.21. The first-order chi connectivity index (χ1) is 8.11. The molecule has 1 rings (SSSR count). The quantitative estimate of drug-likeness (QED) is 0.455. The summed E-state index contributed by atoms with van der Waals surface area (Å²) in [5.74, 6) is -1.27. The van der Waals surface area contributed by atoms with E-state index in [4.69, 9.17) is 4.74 Å². The van der Waals surface area contributed by atoms with Gasteiger partial charge in [-0.15, -0.1) is 0 Å². The van der Waals surface area contributed by atoms with Crippen molar-refractivity contribution in [2.45, 2.75) is 13.8 Å². The zero-order valence-electron chi connectivity index (χ0n) is 9.98. The topological polar surface area (TPSA) is 61.8 Å². The summed E-state index contributed by atoms with van der Waals surface area (Å²) in [6.07, 6.45) is 0. The van der Waals surface area contributed by atoms with Crippen LogP contribution in [0.25, 0.3) is 0 Å². The summed E-state index contributed by atoms with van der Waals surface area (Å²) in [5, 5.41) is 0. The Morgan fingerprint density at radius 2 is 1.94 bits per heavy atom. The summed E-state index contributed by atoms with van der Waals surface area (Å²) in [6.45, 7) is 3.66. The van der Waals surface area contributed by atoms with Crippen molar-refractivity contribution in [3.63, 3.8) is 0 Å². The van der Waals surface area contributed by atoms with Crippen LogP contribution in [0.5, 0.6) is 0 Å². The van der Waals surface area contributed by atoms with E-state index in [0.29, 0.717) is 5.56 Å². The standard InChI is InChI=1S/C12H14O5/c1-4-16-12(14)10-8(2)6-5-7-9(10)11(13)17-15-3/h5-7H,4H2,1-3H3. The van der Waals surface area contributed by atoms with Gasteiger partial charge < -0.3 is 4.74 Å². The zero-order chi connectivity index (χ0) is 12.8. The molecule has 0 fully saturated rings. The first-order valence-electron chi connectivity index (χ1n) is 5.13. The number of benzene rings is 1. The molecule has 0 radical (unpaired) electrons. The van der Waals surface area contributed by atoms with Crippen LogP contribution in [0.3, 0.4) is 0 Å². The largest absolute Gasteiger partial charge is 0.462 e. The van der Waals surface area contributed by atoms with Crippen LogP contribution in [0, 0.1) is 6.92 Å². The van der Waals surface area contributed by atoms with E-state index < -0.39 is 11.9 Å². The van der Waals surface area contributed by atoms with Gasteiger partial charge in [-0.3, -0.25) is 4.89 Å². The van der Waals surface area contributed by atoms with Gasteiger partial charge in [0, 0.05) is 0 Å². The zero-order valence-corrected chi connectivity index (χ0v) is 9.98. The number of esters is 1. The highest BCUT2D eigenvalue weighted by Crippen LogP contribution is 2.16. The molecule has 0 spiro atoms. The molecule has 0 aliphatic carbocycles. The van der Waals surface area contributed by atoms with Gasteiger partial charge in [-0.2, -0.15) is 4.89 Å². The van der Waals surface area contributed by atoms with Crippen LogP contribution in [-0.4, -0.2) is 25.7 Å². The molecule has 0 bridgehead atoms. The summed E-state index contributed by atoms with van der Waals surface area (Å²) in [5.41, 5.74) is 0.982. The molecule has 5 heteroatoms. The van der Waals surface area contributed by atoms with Crippen LogP contribution >= 0.6 is 0 Å². The van der Waals surface area contributed by atoms with Crippen LogP contribution in [0.1, 0.15) is 33.2 Å². The van der Waals surface area contributed by atoms with Gasteiger partial charge in [-0.25, -0.2) is 9.59 Å². The van der Waals surface area contributed by atoms with Crippen molar-refractivity contribution < 1.29 is 24.1 Å². The molecule has 0 N–H and O–H groups in total. The third kappa shape index (κ3) is 3.04. The minimum absolute atomic E-state index is 0.130. The van der Waals surface area contributed by atoms with Crippen LogP contribution in [0.4, 0.5) is 0 Å². The summed E-state index contributed by atoms with van der Waals surface area (Å²) in [6, 6.07) is 4.86. The SMILES string of the molecule is CCOC(=O)c1c(C)cccc1C(=O)OOC. The Labute approximate surface area is 99.2 Å². The van der Waals surface area contributed by atoms with Gasteiger partial charge in [-0.05, 0) is 25.5 Å². The Morgan fingerprint density at radius 3 is 2.53 bits per heavy atom. The van der Waals surface area contributed by atoms with E-state index >= 15 is 0 Å². The molecule has 0 heterocycles. The maximum Gasteiger partial charge on any atom is 0.373 e. The lowest BCUT2D eigenvalue weighted by atomic mass is 10.0. The van der Waals surface area contributed by atoms with Crippen molar-refractivity contribution in [3.05, 3.63) is 34.9 Å². The average molecular weight is 238 g/mol. The molecule has 0 atom stereocenters.